The SMILES string of the molecule is CC1=CC(Cc2ccc3ncc(Cl)cc3c2)N(Cc2cnc(N)cc2C)C=C1. The number of nitrogens with two attached hydrogens (primary N) is 1. The van der Waals surface area contributed by atoms with Gasteiger partial charge in [0.25, 0.3) is 0 Å². The molecule has 2 N–H and O–H groups in total. The zero-order valence-corrected chi connectivity index (χ0v) is 16.8. The smallest absolute Gasteiger partial charge is 0.123 e. The fourth-order valence-electron chi connectivity index (χ4n) is 3.62. The molecule has 3 aromatic rings. The van der Waals surface area contributed by atoms with Crippen LogP contribution < -0.4 is 5.73 Å². The lowest BCUT2D eigenvalue weighted by atomic mass is 9.98. The number of allylic oxidation sites excluding steroid dienone is 2. The molecule has 0 fully saturated rings. The van der Waals surface area contributed by atoms with Crippen LogP contribution in [0, 0.1) is 6.92 Å². The highest BCUT2D eigenvalue weighted by atomic mass is 35.5. The summed E-state index contributed by atoms with van der Waals surface area (Å²) in [6.45, 7) is 5.02. The molecule has 0 bridgehead atoms. The van der Waals surface area contributed by atoms with Crippen LogP contribution in [-0.4, -0.2) is 20.9 Å². The second kappa shape index (κ2) is 7.64. The maximum Gasteiger partial charge on any atom is 0.123 e. The molecule has 28 heavy (non-hydrogen) atoms. The van der Waals surface area contributed by atoms with E-state index in [2.05, 4.69) is 65.3 Å². The zero-order chi connectivity index (χ0) is 19.7. The molecule has 1 aliphatic rings. The molecule has 142 valence electrons. The second-order valence-electron chi connectivity index (χ2n) is 7.39. The molecular formula is C23H23ClN4. The van der Waals surface area contributed by atoms with Gasteiger partial charge in [0, 0.05) is 30.5 Å². The summed E-state index contributed by atoms with van der Waals surface area (Å²) >= 11 is 6.12. The Morgan fingerprint density at radius 2 is 1.96 bits per heavy atom. The van der Waals surface area contributed by atoms with E-state index in [0.29, 0.717) is 10.8 Å². The van der Waals surface area contributed by atoms with Crippen LogP contribution in [0.4, 0.5) is 5.82 Å². The van der Waals surface area contributed by atoms with Crippen LogP contribution in [-0.2, 0) is 13.0 Å². The Balaban J connectivity index is 1.59. The van der Waals surface area contributed by atoms with E-state index in [-0.39, 0.29) is 6.04 Å². The number of hydrogen-bond donors (Lipinski definition) is 1. The number of hydrogen-bond acceptors (Lipinski definition) is 4. The third-order valence-corrected chi connectivity index (χ3v) is 5.37. The molecule has 4 rings (SSSR count). The van der Waals surface area contributed by atoms with Crippen molar-refractivity contribution in [2.24, 2.45) is 0 Å². The van der Waals surface area contributed by atoms with Gasteiger partial charge < -0.3 is 10.6 Å². The summed E-state index contributed by atoms with van der Waals surface area (Å²) in [5.41, 5.74) is 11.7. The minimum Gasteiger partial charge on any atom is -0.384 e. The zero-order valence-electron chi connectivity index (χ0n) is 16.1. The number of nitrogens with zero attached hydrogens (tertiary/aromatic N) is 3. The van der Waals surface area contributed by atoms with E-state index in [4.69, 9.17) is 17.3 Å². The van der Waals surface area contributed by atoms with Crippen LogP contribution in [0.1, 0.15) is 23.6 Å². The van der Waals surface area contributed by atoms with E-state index in [1.165, 1.54) is 16.7 Å². The number of nitrogen functional groups attached to an aromatic ring is 1. The third kappa shape index (κ3) is 4.02. The Kier molecular flexibility index (Phi) is 5.05. The Morgan fingerprint density at radius 1 is 1.11 bits per heavy atom. The molecule has 0 amide bonds. The van der Waals surface area contributed by atoms with E-state index in [1.54, 1.807) is 6.20 Å². The molecule has 0 aliphatic carbocycles. The van der Waals surface area contributed by atoms with Crippen molar-refractivity contribution in [1.29, 1.82) is 0 Å². The number of aryl methyl sites for hydroxylation is 1. The van der Waals surface area contributed by atoms with Crippen LogP contribution in [0.3, 0.4) is 0 Å². The number of halogens is 1. The van der Waals surface area contributed by atoms with Gasteiger partial charge in [-0.15, -0.1) is 0 Å². The van der Waals surface area contributed by atoms with Gasteiger partial charge in [-0.25, -0.2) is 4.98 Å². The third-order valence-electron chi connectivity index (χ3n) is 5.16. The lowest BCUT2D eigenvalue weighted by molar-refractivity contribution is 0.303. The van der Waals surface area contributed by atoms with Crippen molar-refractivity contribution >= 4 is 28.3 Å². The fraction of sp³-hybridized carbons (Fsp3) is 0.217. The van der Waals surface area contributed by atoms with Gasteiger partial charge in [-0.3, -0.25) is 4.98 Å². The van der Waals surface area contributed by atoms with Gasteiger partial charge in [0.05, 0.1) is 16.6 Å². The highest BCUT2D eigenvalue weighted by Gasteiger charge is 2.18. The first-order valence-electron chi connectivity index (χ1n) is 9.35. The van der Waals surface area contributed by atoms with Crippen molar-refractivity contribution < 1.29 is 0 Å². The molecule has 0 radical (unpaired) electrons. The van der Waals surface area contributed by atoms with Gasteiger partial charge in [-0.2, -0.15) is 0 Å². The number of rotatable bonds is 4. The second-order valence-corrected chi connectivity index (χ2v) is 7.82. The first-order valence-corrected chi connectivity index (χ1v) is 9.73. The van der Waals surface area contributed by atoms with E-state index in [1.807, 2.05) is 18.3 Å². The Labute approximate surface area is 170 Å². The summed E-state index contributed by atoms with van der Waals surface area (Å²) < 4.78 is 0. The predicted molar refractivity (Wildman–Crippen MR) is 116 cm³/mol. The minimum absolute atomic E-state index is 0.270. The number of pyridine rings is 2. The van der Waals surface area contributed by atoms with Gasteiger partial charge in [-0.05, 0) is 67.3 Å². The first-order chi connectivity index (χ1) is 13.5. The normalized spacial score (nSPS) is 16.5. The molecule has 4 nitrogen and oxygen atoms in total. The summed E-state index contributed by atoms with van der Waals surface area (Å²) in [6, 6.07) is 10.6. The number of anilines is 1. The van der Waals surface area contributed by atoms with E-state index >= 15 is 0 Å². The van der Waals surface area contributed by atoms with Crippen LogP contribution in [0.2, 0.25) is 5.02 Å². The molecule has 0 saturated heterocycles. The number of fused-ring (bicyclic) bond motifs is 1. The average Bonchev–Trinajstić information content (AvgIpc) is 2.65. The molecule has 1 aromatic carbocycles. The largest absolute Gasteiger partial charge is 0.384 e. The maximum atomic E-state index is 6.12. The van der Waals surface area contributed by atoms with Crippen molar-refractivity contribution in [3.8, 4) is 0 Å². The Bertz CT molecular complexity index is 1090. The Hall–Kier alpha value is -2.85. The molecule has 1 atom stereocenters. The van der Waals surface area contributed by atoms with Gasteiger partial charge in [-0.1, -0.05) is 29.3 Å². The average molecular weight is 391 g/mol. The lowest BCUT2D eigenvalue weighted by Crippen LogP contribution is -2.33. The number of aromatic nitrogens is 2. The summed E-state index contributed by atoms with van der Waals surface area (Å²) in [6.07, 6.45) is 11.1. The van der Waals surface area contributed by atoms with E-state index in [0.717, 1.165) is 29.4 Å². The monoisotopic (exact) mass is 390 g/mol. The highest BCUT2D eigenvalue weighted by molar-refractivity contribution is 6.31. The quantitative estimate of drug-likeness (QED) is 0.676. The van der Waals surface area contributed by atoms with Crippen LogP contribution in [0.15, 0.2) is 66.7 Å². The predicted octanol–water partition coefficient (Wildman–Crippen LogP) is 5.06. The molecule has 3 heterocycles. The van der Waals surface area contributed by atoms with Crippen molar-refractivity contribution in [1.82, 2.24) is 14.9 Å². The topological polar surface area (TPSA) is 55.0 Å². The molecule has 2 aromatic heterocycles. The maximum absolute atomic E-state index is 6.12. The number of benzene rings is 1. The highest BCUT2D eigenvalue weighted by Crippen LogP contribution is 2.24. The summed E-state index contributed by atoms with van der Waals surface area (Å²) in [5.74, 6) is 0.561. The summed E-state index contributed by atoms with van der Waals surface area (Å²) in [7, 11) is 0. The van der Waals surface area contributed by atoms with Gasteiger partial charge in [0.1, 0.15) is 5.82 Å². The van der Waals surface area contributed by atoms with Crippen LogP contribution >= 0.6 is 11.6 Å². The van der Waals surface area contributed by atoms with Gasteiger partial charge >= 0.3 is 0 Å². The molecular weight excluding hydrogens is 368 g/mol. The first kappa shape index (κ1) is 18.5. The summed E-state index contributed by atoms with van der Waals surface area (Å²) in [4.78, 5) is 11.0. The van der Waals surface area contributed by atoms with E-state index < -0.39 is 0 Å². The standard InChI is InChI=1S/C23H23ClN4/c1-15-5-6-28(14-19-12-27-23(25)8-16(19)2)21(7-15)10-17-3-4-22-18(9-17)11-20(24)13-26-22/h3-9,11-13,21H,10,14H2,1-2H3,(H2,25,27). The molecule has 5 heteroatoms. The van der Waals surface area contributed by atoms with Crippen molar-refractivity contribution in [3.63, 3.8) is 0 Å². The fourth-order valence-corrected chi connectivity index (χ4v) is 3.78. The van der Waals surface area contributed by atoms with Gasteiger partial charge in [0.2, 0.25) is 0 Å². The van der Waals surface area contributed by atoms with E-state index in [9.17, 15) is 0 Å². The van der Waals surface area contributed by atoms with Gasteiger partial charge in [0.15, 0.2) is 0 Å². The Morgan fingerprint density at radius 3 is 2.79 bits per heavy atom. The van der Waals surface area contributed by atoms with Crippen LogP contribution in [0.25, 0.3) is 10.9 Å². The lowest BCUT2D eigenvalue weighted by Gasteiger charge is -2.32. The molecule has 0 saturated carbocycles. The molecule has 1 aliphatic heterocycles. The molecule has 0 spiro atoms. The molecule has 1 unspecified atom stereocenters. The summed E-state index contributed by atoms with van der Waals surface area (Å²) in [5, 5.41) is 1.73. The van der Waals surface area contributed by atoms with Crippen molar-refractivity contribution in [2.45, 2.75) is 32.9 Å². The van der Waals surface area contributed by atoms with Crippen molar-refractivity contribution in [2.75, 3.05) is 5.73 Å². The minimum atomic E-state index is 0.270. The van der Waals surface area contributed by atoms with Crippen molar-refractivity contribution in [3.05, 3.63) is 88.4 Å². The van der Waals surface area contributed by atoms with Crippen LogP contribution in [0.5, 0.6) is 0 Å².